The molecule has 0 radical (unpaired) electrons. The first kappa shape index (κ1) is 26.3. The van der Waals surface area contributed by atoms with Crippen molar-refractivity contribution in [3.05, 3.63) is 57.5 Å². The van der Waals surface area contributed by atoms with Crippen LogP contribution in [-0.2, 0) is 0 Å². The summed E-state index contributed by atoms with van der Waals surface area (Å²) in [7, 11) is 0. The topological polar surface area (TPSA) is 65.2 Å². The van der Waals surface area contributed by atoms with Gasteiger partial charge in [0.15, 0.2) is 0 Å². The highest BCUT2D eigenvalue weighted by atomic mass is 79.9. The van der Waals surface area contributed by atoms with Gasteiger partial charge in [-0.3, -0.25) is 0 Å². The van der Waals surface area contributed by atoms with E-state index in [1.165, 1.54) is 0 Å². The normalized spacial score (nSPS) is 13.9. The second kappa shape index (κ2) is 11.2. The SMILES string of the molecule is O=C(N[C@H](Nc1ccc(Br)cc1)C(Cl)(Cl)Cl)N[C@@H](Nc1ccc(Br)cc1)C(Cl)(Cl)Cl. The first-order chi connectivity index (χ1) is 13.8. The molecular formula is C17H14Br2Cl6N4O. The molecule has 2 aromatic rings. The molecule has 0 saturated carbocycles. The molecule has 2 aromatic carbocycles. The highest BCUT2D eigenvalue weighted by Crippen LogP contribution is 2.33. The van der Waals surface area contributed by atoms with Gasteiger partial charge in [-0.25, -0.2) is 4.79 Å². The standard InChI is InChI=1S/C17H14Br2Cl6N4O/c18-9-1-5-11(6-2-9)26-13(16(20,21)22)28-15(30)29-14(17(23,24)25)27-12-7-3-10(19)4-8-12/h1-8,13-14,26-27H,(H2,28,29,30)/t13-,14+. The first-order valence-corrected chi connectivity index (χ1v) is 11.9. The van der Waals surface area contributed by atoms with Crippen LogP contribution in [0.1, 0.15) is 0 Å². The molecule has 0 unspecified atom stereocenters. The summed E-state index contributed by atoms with van der Waals surface area (Å²) >= 11 is 42.8. The highest BCUT2D eigenvalue weighted by molar-refractivity contribution is 9.10. The Balaban J connectivity index is 2.10. The molecule has 2 atom stereocenters. The molecule has 0 aliphatic rings. The first-order valence-electron chi connectivity index (χ1n) is 8.09. The molecule has 0 aliphatic carbocycles. The predicted octanol–water partition coefficient (Wildman–Crippen LogP) is 7.43. The molecule has 0 heterocycles. The summed E-state index contributed by atoms with van der Waals surface area (Å²) in [5.41, 5.74) is 1.22. The largest absolute Gasteiger partial charge is 0.362 e. The van der Waals surface area contributed by atoms with Crippen molar-refractivity contribution in [1.29, 1.82) is 0 Å². The lowest BCUT2D eigenvalue weighted by molar-refractivity contribution is 0.235. The maximum absolute atomic E-state index is 12.6. The van der Waals surface area contributed by atoms with Gasteiger partial charge in [-0.1, -0.05) is 101 Å². The van der Waals surface area contributed by atoms with E-state index in [4.69, 9.17) is 69.6 Å². The van der Waals surface area contributed by atoms with Gasteiger partial charge in [-0.05, 0) is 48.5 Å². The Hall–Kier alpha value is 0.01000. The van der Waals surface area contributed by atoms with Gasteiger partial charge in [-0.2, -0.15) is 0 Å². The number of carbonyl (C=O) groups is 1. The third-order valence-corrected chi connectivity index (χ3v) is 5.88. The summed E-state index contributed by atoms with van der Waals surface area (Å²) in [4.78, 5) is 12.6. The maximum atomic E-state index is 12.6. The Morgan fingerprint density at radius 2 is 0.967 bits per heavy atom. The van der Waals surface area contributed by atoms with Gasteiger partial charge in [-0.15, -0.1) is 0 Å². The maximum Gasteiger partial charge on any atom is 0.318 e. The molecule has 164 valence electrons. The number of hydrogen-bond donors (Lipinski definition) is 4. The average molecular weight is 663 g/mol. The molecule has 0 bridgehead atoms. The van der Waals surface area contributed by atoms with E-state index in [-0.39, 0.29) is 0 Å². The zero-order valence-corrected chi connectivity index (χ0v) is 22.4. The van der Waals surface area contributed by atoms with Crippen LogP contribution in [0.25, 0.3) is 0 Å². The summed E-state index contributed by atoms with van der Waals surface area (Å²) in [6.07, 6.45) is -2.18. The number of nitrogens with one attached hydrogen (secondary N) is 4. The lowest BCUT2D eigenvalue weighted by Gasteiger charge is -2.31. The van der Waals surface area contributed by atoms with Gasteiger partial charge in [0.2, 0.25) is 7.59 Å². The molecule has 5 nitrogen and oxygen atoms in total. The minimum Gasteiger partial charge on any atom is -0.362 e. The average Bonchev–Trinajstić information content (AvgIpc) is 2.62. The summed E-state index contributed by atoms with van der Waals surface area (Å²) in [5.74, 6) is 0. The molecule has 13 heteroatoms. The van der Waals surface area contributed by atoms with E-state index < -0.39 is 25.9 Å². The van der Waals surface area contributed by atoms with E-state index in [1.54, 1.807) is 48.5 Å². The predicted molar refractivity (Wildman–Crippen MR) is 135 cm³/mol. The van der Waals surface area contributed by atoms with Crippen molar-refractivity contribution in [1.82, 2.24) is 10.6 Å². The van der Waals surface area contributed by atoms with Crippen molar-refractivity contribution < 1.29 is 4.79 Å². The van der Waals surface area contributed by atoms with Crippen LogP contribution in [0, 0.1) is 0 Å². The summed E-state index contributed by atoms with van der Waals surface area (Å²) in [6, 6.07) is 13.4. The number of carbonyl (C=O) groups excluding carboxylic acids is 1. The van der Waals surface area contributed by atoms with Gasteiger partial charge < -0.3 is 21.3 Å². The van der Waals surface area contributed by atoms with Crippen LogP contribution in [0.5, 0.6) is 0 Å². The Kier molecular flexibility index (Phi) is 9.84. The third kappa shape index (κ3) is 8.87. The van der Waals surface area contributed by atoms with Crippen LogP contribution in [0.15, 0.2) is 57.5 Å². The molecule has 0 aliphatic heterocycles. The monoisotopic (exact) mass is 658 g/mol. The molecule has 2 amide bonds. The van der Waals surface area contributed by atoms with Gasteiger partial charge >= 0.3 is 6.03 Å². The fourth-order valence-corrected chi connectivity index (χ4v) is 3.31. The van der Waals surface area contributed by atoms with Crippen molar-refractivity contribution in [3.8, 4) is 0 Å². The fraction of sp³-hybridized carbons (Fsp3) is 0.235. The second-order valence-electron chi connectivity index (χ2n) is 5.87. The van der Waals surface area contributed by atoms with Crippen LogP contribution in [0.3, 0.4) is 0 Å². The minimum atomic E-state index is -1.88. The van der Waals surface area contributed by atoms with Crippen molar-refractivity contribution in [2.24, 2.45) is 0 Å². The van der Waals surface area contributed by atoms with Gasteiger partial charge in [0.25, 0.3) is 0 Å². The number of urea groups is 1. The van der Waals surface area contributed by atoms with Crippen molar-refractivity contribution in [3.63, 3.8) is 0 Å². The number of rotatable bonds is 6. The Morgan fingerprint density at radius 1 is 0.667 bits per heavy atom. The van der Waals surface area contributed by atoms with Crippen molar-refractivity contribution in [2.45, 2.75) is 19.9 Å². The van der Waals surface area contributed by atoms with Crippen LogP contribution in [-0.4, -0.2) is 25.9 Å². The summed E-state index contributed by atoms with van der Waals surface area (Å²) in [6.45, 7) is 0. The molecule has 0 aromatic heterocycles. The lowest BCUT2D eigenvalue weighted by atomic mass is 10.3. The molecule has 0 fully saturated rings. The van der Waals surface area contributed by atoms with Gasteiger partial charge in [0.05, 0.1) is 0 Å². The summed E-state index contributed by atoms with van der Waals surface area (Å²) in [5, 5.41) is 10.9. The van der Waals surface area contributed by atoms with E-state index in [0.29, 0.717) is 11.4 Å². The van der Waals surface area contributed by atoms with Gasteiger partial charge in [0.1, 0.15) is 12.3 Å². The number of anilines is 2. The van der Waals surface area contributed by atoms with E-state index in [1.807, 2.05) is 0 Å². The zero-order valence-electron chi connectivity index (χ0n) is 14.7. The Bertz CT molecular complexity index is 774. The fourth-order valence-electron chi connectivity index (χ4n) is 2.13. The number of benzene rings is 2. The quantitative estimate of drug-likeness (QED) is 0.192. The number of halogens is 8. The van der Waals surface area contributed by atoms with Crippen LogP contribution in [0.4, 0.5) is 16.2 Å². The molecular weight excluding hydrogens is 649 g/mol. The highest BCUT2D eigenvalue weighted by Gasteiger charge is 2.37. The summed E-state index contributed by atoms with van der Waals surface area (Å²) < 4.78 is -2.01. The number of amides is 2. The molecule has 0 saturated heterocycles. The molecule has 4 N–H and O–H groups in total. The Morgan fingerprint density at radius 3 is 1.23 bits per heavy atom. The van der Waals surface area contributed by atoms with Crippen molar-refractivity contribution >= 4 is 119 Å². The van der Waals surface area contributed by atoms with Crippen LogP contribution >= 0.6 is 101 Å². The van der Waals surface area contributed by atoms with E-state index in [2.05, 4.69) is 53.1 Å². The molecule has 30 heavy (non-hydrogen) atoms. The van der Waals surface area contributed by atoms with Crippen LogP contribution in [0.2, 0.25) is 0 Å². The van der Waals surface area contributed by atoms with E-state index in [0.717, 1.165) is 8.95 Å². The van der Waals surface area contributed by atoms with E-state index in [9.17, 15) is 4.79 Å². The van der Waals surface area contributed by atoms with Crippen LogP contribution < -0.4 is 21.3 Å². The minimum absolute atomic E-state index is 0.612. The molecule has 0 spiro atoms. The third-order valence-electron chi connectivity index (χ3n) is 3.52. The molecule has 2 rings (SSSR count). The number of hydrogen-bond acceptors (Lipinski definition) is 3. The Labute approximate surface area is 220 Å². The zero-order chi connectivity index (χ0) is 22.5. The van der Waals surface area contributed by atoms with Gasteiger partial charge in [0, 0.05) is 20.3 Å². The van der Waals surface area contributed by atoms with Crippen molar-refractivity contribution in [2.75, 3.05) is 10.6 Å². The smallest absolute Gasteiger partial charge is 0.318 e. The number of alkyl halides is 6. The van der Waals surface area contributed by atoms with E-state index >= 15 is 0 Å². The second-order valence-corrected chi connectivity index (χ2v) is 12.4. The lowest BCUT2D eigenvalue weighted by Crippen LogP contribution is -2.57.